The van der Waals surface area contributed by atoms with Crippen molar-refractivity contribution >= 4 is 12.4 Å². The van der Waals surface area contributed by atoms with Gasteiger partial charge in [-0.2, -0.15) is 0 Å². The molecule has 0 saturated heterocycles. The predicted molar refractivity (Wildman–Crippen MR) is 73.0 cm³/mol. The van der Waals surface area contributed by atoms with E-state index in [9.17, 15) is 4.57 Å². The van der Waals surface area contributed by atoms with Crippen LogP contribution >= 0.6 is 7.14 Å². The van der Waals surface area contributed by atoms with Gasteiger partial charge in [0.15, 0.2) is 0 Å². The largest absolute Gasteiger partial charge is 0.318 e. The molecule has 0 atom stereocenters. The first-order valence-electron chi connectivity index (χ1n) is 5.36. The average Bonchev–Trinajstić information content (AvgIpc) is 2.16. The number of benzene rings is 1. The molecule has 0 fully saturated rings. The summed E-state index contributed by atoms with van der Waals surface area (Å²) in [5.41, 5.74) is 1.93. The monoisotopic (exact) mass is 234 g/mol. The molecule has 0 aliphatic rings. The van der Waals surface area contributed by atoms with E-state index in [1.165, 1.54) is 0 Å². The minimum Gasteiger partial charge on any atom is -0.318 e. The molecule has 1 nitrogen and oxygen atoms in total. The summed E-state index contributed by atoms with van der Waals surface area (Å²) in [5.74, 6) is 0. The van der Waals surface area contributed by atoms with Crippen molar-refractivity contribution in [3.05, 3.63) is 54.6 Å². The van der Waals surface area contributed by atoms with Crippen LogP contribution in [0.15, 0.2) is 54.6 Å². The van der Waals surface area contributed by atoms with Crippen molar-refractivity contribution < 1.29 is 4.57 Å². The van der Waals surface area contributed by atoms with Crippen molar-refractivity contribution in [2.75, 3.05) is 12.3 Å². The highest BCUT2D eigenvalue weighted by Gasteiger charge is 2.24. The summed E-state index contributed by atoms with van der Waals surface area (Å²) >= 11 is 0. The fourth-order valence-electron chi connectivity index (χ4n) is 1.81. The normalized spacial score (nSPS) is 11.1. The van der Waals surface area contributed by atoms with Gasteiger partial charge in [0.2, 0.25) is 0 Å². The van der Waals surface area contributed by atoms with E-state index < -0.39 is 7.14 Å². The molecule has 0 aromatic heterocycles. The van der Waals surface area contributed by atoms with Crippen molar-refractivity contribution in [1.29, 1.82) is 0 Å². The van der Waals surface area contributed by atoms with Gasteiger partial charge in [-0.05, 0) is 13.8 Å². The Morgan fingerprint density at radius 2 is 1.50 bits per heavy atom. The molecule has 1 aromatic carbocycles. The van der Waals surface area contributed by atoms with E-state index in [1.807, 2.05) is 44.2 Å². The lowest BCUT2D eigenvalue weighted by Gasteiger charge is -2.18. The maximum Gasteiger partial charge on any atom is 0.123 e. The third-order valence-corrected chi connectivity index (χ3v) is 5.62. The number of hydrogen-bond acceptors (Lipinski definition) is 1. The van der Waals surface area contributed by atoms with Gasteiger partial charge in [0.05, 0.1) is 0 Å². The molecule has 0 bridgehead atoms. The van der Waals surface area contributed by atoms with Crippen LogP contribution in [0.3, 0.4) is 0 Å². The summed E-state index contributed by atoms with van der Waals surface area (Å²) in [4.78, 5) is 0. The van der Waals surface area contributed by atoms with Gasteiger partial charge >= 0.3 is 0 Å². The van der Waals surface area contributed by atoms with E-state index in [1.54, 1.807) is 0 Å². The van der Waals surface area contributed by atoms with Crippen LogP contribution in [-0.4, -0.2) is 12.3 Å². The second-order valence-electron chi connectivity index (χ2n) is 4.46. The number of rotatable bonds is 5. The Hall–Kier alpha value is -1.07. The van der Waals surface area contributed by atoms with E-state index in [0.29, 0.717) is 12.3 Å². The van der Waals surface area contributed by atoms with Gasteiger partial charge in [-0.25, -0.2) is 0 Å². The van der Waals surface area contributed by atoms with Crippen LogP contribution < -0.4 is 5.30 Å². The Morgan fingerprint density at radius 1 is 1.06 bits per heavy atom. The van der Waals surface area contributed by atoms with Gasteiger partial charge in [-0.3, -0.25) is 0 Å². The fraction of sp³-hybridized carbons (Fsp3) is 0.286. The van der Waals surface area contributed by atoms with E-state index in [2.05, 4.69) is 13.2 Å². The second kappa shape index (κ2) is 5.32. The summed E-state index contributed by atoms with van der Waals surface area (Å²) < 4.78 is 12.9. The lowest BCUT2D eigenvalue weighted by atomic mass is 10.4. The van der Waals surface area contributed by atoms with Crippen molar-refractivity contribution in [1.82, 2.24) is 0 Å². The highest BCUT2D eigenvalue weighted by Crippen LogP contribution is 2.47. The zero-order chi connectivity index (χ0) is 12.2. The van der Waals surface area contributed by atoms with Crippen LogP contribution in [0, 0.1) is 0 Å². The third kappa shape index (κ3) is 3.50. The first-order chi connectivity index (χ1) is 7.44. The van der Waals surface area contributed by atoms with Gasteiger partial charge in [-0.15, -0.1) is 0 Å². The molecule has 1 rings (SSSR count). The van der Waals surface area contributed by atoms with Gasteiger partial charge in [0.25, 0.3) is 0 Å². The number of hydrogen-bond donors (Lipinski definition) is 0. The highest BCUT2D eigenvalue weighted by atomic mass is 31.2. The summed E-state index contributed by atoms with van der Waals surface area (Å²) in [6.45, 7) is 11.6. The molecule has 2 heteroatoms. The standard InChI is InChI=1S/C14H19OP/c1-12(2)10-16(15,11-13(3)4)14-8-6-5-7-9-14/h5-9H,1,3,10-11H2,2,4H3. The van der Waals surface area contributed by atoms with Crippen LogP contribution in [-0.2, 0) is 4.57 Å². The van der Waals surface area contributed by atoms with Crippen molar-refractivity contribution in [3.8, 4) is 0 Å². The lowest BCUT2D eigenvalue weighted by Crippen LogP contribution is -2.11. The SMILES string of the molecule is C=C(C)CP(=O)(CC(=C)C)c1ccccc1. The van der Waals surface area contributed by atoms with Gasteiger partial charge in [0, 0.05) is 17.6 Å². The topological polar surface area (TPSA) is 17.1 Å². The Morgan fingerprint density at radius 3 is 1.88 bits per heavy atom. The lowest BCUT2D eigenvalue weighted by molar-refractivity contribution is 0.583. The van der Waals surface area contributed by atoms with Crippen LogP contribution in [0.5, 0.6) is 0 Å². The molecular weight excluding hydrogens is 215 g/mol. The van der Waals surface area contributed by atoms with Crippen molar-refractivity contribution in [2.24, 2.45) is 0 Å². The van der Waals surface area contributed by atoms with E-state index in [-0.39, 0.29) is 0 Å². The first kappa shape index (κ1) is 13.0. The zero-order valence-corrected chi connectivity index (χ0v) is 11.0. The summed E-state index contributed by atoms with van der Waals surface area (Å²) in [7, 11) is -2.38. The Labute approximate surface area is 98.3 Å². The molecule has 0 N–H and O–H groups in total. The molecule has 0 aliphatic heterocycles. The Bertz CT molecular complexity index is 411. The van der Waals surface area contributed by atoms with Gasteiger partial charge < -0.3 is 4.57 Å². The maximum absolute atomic E-state index is 12.9. The maximum atomic E-state index is 12.9. The highest BCUT2D eigenvalue weighted by molar-refractivity contribution is 7.72. The smallest absolute Gasteiger partial charge is 0.123 e. The molecule has 16 heavy (non-hydrogen) atoms. The average molecular weight is 234 g/mol. The Kier molecular flexibility index (Phi) is 4.32. The van der Waals surface area contributed by atoms with E-state index in [0.717, 1.165) is 16.5 Å². The third-order valence-electron chi connectivity index (χ3n) is 2.28. The minimum absolute atomic E-state index is 0.573. The summed E-state index contributed by atoms with van der Waals surface area (Å²) in [6, 6.07) is 9.67. The van der Waals surface area contributed by atoms with Gasteiger partial charge in [0.1, 0.15) is 7.14 Å². The van der Waals surface area contributed by atoms with E-state index >= 15 is 0 Å². The van der Waals surface area contributed by atoms with Gasteiger partial charge in [-0.1, -0.05) is 54.6 Å². The van der Waals surface area contributed by atoms with Crippen LogP contribution in [0.2, 0.25) is 0 Å². The molecule has 86 valence electrons. The fourth-order valence-corrected chi connectivity index (χ4v) is 4.75. The van der Waals surface area contributed by atoms with Crippen LogP contribution in [0.4, 0.5) is 0 Å². The molecule has 1 aromatic rings. The van der Waals surface area contributed by atoms with Crippen molar-refractivity contribution in [2.45, 2.75) is 13.8 Å². The molecule has 0 radical (unpaired) electrons. The summed E-state index contributed by atoms with van der Waals surface area (Å²) in [6.07, 6.45) is 1.15. The Balaban J connectivity index is 3.09. The molecule has 0 aliphatic carbocycles. The molecule has 0 spiro atoms. The molecule has 0 amide bonds. The second-order valence-corrected chi connectivity index (χ2v) is 7.38. The molecule has 0 heterocycles. The quantitative estimate of drug-likeness (QED) is 0.559. The number of allylic oxidation sites excluding steroid dienone is 2. The van der Waals surface area contributed by atoms with E-state index in [4.69, 9.17) is 0 Å². The predicted octanol–water partition coefficient (Wildman–Crippen LogP) is 3.83. The first-order valence-corrected chi connectivity index (χ1v) is 7.44. The molecule has 0 unspecified atom stereocenters. The molecule has 0 saturated carbocycles. The van der Waals surface area contributed by atoms with Crippen LogP contribution in [0.1, 0.15) is 13.8 Å². The van der Waals surface area contributed by atoms with Crippen LogP contribution in [0.25, 0.3) is 0 Å². The minimum atomic E-state index is -2.38. The zero-order valence-electron chi connectivity index (χ0n) is 10.1. The van der Waals surface area contributed by atoms with Crippen molar-refractivity contribution in [3.63, 3.8) is 0 Å². The summed E-state index contributed by atoms with van der Waals surface area (Å²) in [5, 5.41) is 0.931. The molecular formula is C14H19OP.